The molecule has 4 aromatic heterocycles. The first-order chi connectivity index (χ1) is 20.8. The summed E-state index contributed by atoms with van der Waals surface area (Å²) in [6.07, 6.45) is 7.09. The third-order valence-electron chi connectivity index (χ3n) is 5.84. The molecule has 6 rings (SSSR count). The third kappa shape index (κ3) is 8.83. The van der Waals surface area contributed by atoms with Crippen LogP contribution in [0.15, 0.2) is 63.8 Å². The molecule has 0 bridgehead atoms. The predicted octanol–water partition coefficient (Wildman–Crippen LogP) is 3.49. The molecule has 0 spiro atoms. The van der Waals surface area contributed by atoms with Crippen LogP contribution in [-0.2, 0) is 9.68 Å². The van der Waals surface area contributed by atoms with Gasteiger partial charge in [0.15, 0.2) is 11.7 Å². The van der Waals surface area contributed by atoms with Gasteiger partial charge in [-0.1, -0.05) is 0 Å². The first-order valence-electron chi connectivity index (χ1n) is 13.4. The summed E-state index contributed by atoms with van der Waals surface area (Å²) in [6.45, 7) is 8.99. The molecule has 2 unspecified atom stereocenters. The molecule has 0 aliphatic carbocycles. The van der Waals surface area contributed by atoms with Crippen LogP contribution in [0.2, 0.25) is 0 Å². The van der Waals surface area contributed by atoms with E-state index in [1.54, 1.807) is 33.1 Å². The number of aryl methyl sites for hydroxylation is 2. The predicted molar refractivity (Wildman–Crippen MR) is 165 cm³/mol. The minimum Gasteiger partial charge on any atom is -0.480 e. The quantitative estimate of drug-likeness (QED) is 0.291. The van der Waals surface area contributed by atoms with Crippen molar-refractivity contribution in [2.75, 3.05) is 27.4 Å². The number of H-pyrrole nitrogens is 1. The number of nitrogens with zero attached hydrogens (tertiary/aromatic N) is 7. The molecule has 228 valence electrons. The second-order valence-electron chi connectivity index (χ2n) is 9.55. The van der Waals surface area contributed by atoms with Gasteiger partial charge in [0, 0.05) is 18.1 Å². The Kier molecular flexibility index (Phi) is 11.2. The molecular formula is C28H35BrN10O4. The topological polar surface area (TPSA) is 158 Å². The summed E-state index contributed by atoms with van der Waals surface area (Å²) in [4.78, 5) is 39.0. The van der Waals surface area contributed by atoms with E-state index in [2.05, 4.69) is 61.8 Å². The van der Waals surface area contributed by atoms with E-state index in [4.69, 9.17) is 19.1 Å². The van der Waals surface area contributed by atoms with E-state index in [0.717, 1.165) is 21.5 Å². The van der Waals surface area contributed by atoms with Crippen molar-refractivity contribution < 1.29 is 19.1 Å². The van der Waals surface area contributed by atoms with E-state index in [-0.39, 0.29) is 12.1 Å². The van der Waals surface area contributed by atoms with Crippen LogP contribution in [0.1, 0.15) is 36.6 Å². The molecule has 4 aromatic rings. The first-order valence-corrected chi connectivity index (χ1v) is 14.2. The molecule has 2 atom stereocenters. The van der Waals surface area contributed by atoms with Crippen molar-refractivity contribution in [3.05, 3.63) is 76.6 Å². The van der Waals surface area contributed by atoms with Gasteiger partial charge in [-0.05, 0) is 67.9 Å². The van der Waals surface area contributed by atoms with Gasteiger partial charge < -0.3 is 19.0 Å². The number of hydrogen-bond acceptors (Lipinski definition) is 12. The lowest BCUT2D eigenvalue weighted by atomic mass is 10.2. The van der Waals surface area contributed by atoms with E-state index in [9.17, 15) is 0 Å². The van der Waals surface area contributed by atoms with E-state index >= 15 is 0 Å². The zero-order chi connectivity index (χ0) is 30.8. The number of aromatic nitrogens is 6. The molecule has 0 saturated heterocycles. The van der Waals surface area contributed by atoms with Gasteiger partial charge in [0.2, 0.25) is 11.8 Å². The van der Waals surface area contributed by atoms with Gasteiger partial charge in [-0.3, -0.25) is 19.7 Å². The lowest BCUT2D eigenvalue weighted by Gasteiger charge is -2.19. The molecule has 0 radical (unpaired) electrons. The maximum Gasteiger partial charge on any atom is 0.238 e. The van der Waals surface area contributed by atoms with Gasteiger partial charge in [0.1, 0.15) is 17.1 Å². The summed E-state index contributed by atoms with van der Waals surface area (Å²) < 4.78 is 13.2. The minimum atomic E-state index is 0.102. The van der Waals surface area contributed by atoms with Crippen LogP contribution in [0.4, 0.5) is 0 Å². The lowest BCUT2D eigenvalue weighted by Crippen LogP contribution is -2.35. The highest BCUT2D eigenvalue weighted by molar-refractivity contribution is 9.10. The Bertz CT molecular complexity index is 1540. The Hall–Kier alpha value is -4.34. The number of aliphatic imine (C=N–C) groups is 2. The fourth-order valence-electron chi connectivity index (χ4n) is 3.75. The van der Waals surface area contributed by atoms with Crippen molar-refractivity contribution in [2.45, 2.75) is 39.8 Å². The van der Waals surface area contributed by atoms with E-state index in [1.165, 1.54) is 0 Å². The highest BCUT2D eigenvalue weighted by atomic mass is 79.9. The van der Waals surface area contributed by atoms with Crippen LogP contribution in [0.5, 0.6) is 11.8 Å². The van der Waals surface area contributed by atoms with E-state index in [1.807, 2.05) is 62.7 Å². The average molecular weight is 656 g/mol. The highest BCUT2D eigenvalue weighted by Gasteiger charge is 2.17. The van der Waals surface area contributed by atoms with E-state index in [0.29, 0.717) is 48.0 Å². The molecule has 43 heavy (non-hydrogen) atoms. The number of amidine groups is 2. The first kappa shape index (κ1) is 31.6. The van der Waals surface area contributed by atoms with Gasteiger partial charge >= 0.3 is 0 Å². The van der Waals surface area contributed by atoms with Crippen LogP contribution in [-0.4, -0.2) is 80.7 Å². The van der Waals surface area contributed by atoms with Crippen LogP contribution in [0.25, 0.3) is 5.69 Å². The fraction of sp³-hybridized carbons (Fsp3) is 0.357. The molecule has 15 heteroatoms. The number of imidazole rings is 2. The van der Waals surface area contributed by atoms with Crippen LogP contribution >= 0.6 is 15.9 Å². The van der Waals surface area contributed by atoms with Crippen LogP contribution in [0, 0.1) is 13.8 Å². The number of hydrogen-bond donors (Lipinski definition) is 3. The van der Waals surface area contributed by atoms with Gasteiger partial charge in [-0.2, -0.15) is 0 Å². The van der Waals surface area contributed by atoms with Crippen molar-refractivity contribution in [1.82, 2.24) is 40.4 Å². The maximum absolute atomic E-state index is 5.38. The number of halogens is 1. The van der Waals surface area contributed by atoms with Crippen LogP contribution < -0.4 is 20.4 Å². The number of methoxy groups -OCH3 is 2. The lowest BCUT2D eigenvalue weighted by molar-refractivity contribution is 0.0656. The second kappa shape index (κ2) is 15.2. The summed E-state index contributed by atoms with van der Waals surface area (Å²) in [5, 5.41) is 0. The fourth-order valence-corrected chi connectivity index (χ4v) is 4.14. The van der Waals surface area contributed by atoms with Gasteiger partial charge in [-0.15, -0.1) is 0 Å². The normalized spacial score (nSPS) is 17.5. The number of ether oxygens (including phenoxy) is 2. The minimum absolute atomic E-state index is 0.102. The Morgan fingerprint density at radius 1 is 0.884 bits per heavy atom. The summed E-state index contributed by atoms with van der Waals surface area (Å²) in [5.74, 6) is 2.28. The molecule has 0 saturated carbocycles. The van der Waals surface area contributed by atoms with Crippen molar-refractivity contribution in [1.29, 1.82) is 0 Å². The van der Waals surface area contributed by atoms with Gasteiger partial charge in [-0.25, -0.2) is 30.9 Å². The van der Waals surface area contributed by atoms with Crippen molar-refractivity contribution >= 4 is 27.6 Å². The molecule has 3 N–H and O–H groups in total. The van der Waals surface area contributed by atoms with Crippen LogP contribution in [0.3, 0.4) is 0 Å². The monoisotopic (exact) mass is 654 g/mol. The average Bonchev–Trinajstić information content (AvgIpc) is 3.68. The van der Waals surface area contributed by atoms with Crippen molar-refractivity contribution in [2.24, 2.45) is 9.98 Å². The molecular weight excluding hydrogens is 620 g/mol. The summed E-state index contributed by atoms with van der Waals surface area (Å²) in [7, 11) is 3.17. The number of rotatable bonds is 5. The molecule has 0 fully saturated rings. The largest absolute Gasteiger partial charge is 0.480 e. The van der Waals surface area contributed by atoms with Crippen molar-refractivity contribution in [3.8, 4) is 17.4 Å². The molecule has 14 nitrogen and oxygen atoms in total. The number of nitrogens with one attached hydrogen (secondary N) is 3. The SMILES string of the molecule is COc1nc(C2=NC(C)CON2)ccc1-n1cnc(C)c1.COc1nc(C2=NC(C)CON2)ccc1Br.Cc1cnc[nH]1. The van der Waals surface area contributed by atoms with Crippen molar-refractivity contribution in [3.63, 3.8) is 0 Å². The zero-order valence-electron chi connectivity index (χ0n) is 24.8. The second-order valence-corrected chi connectivity index (χ2v) is 10.4. The molecule has 0 amide bonds. The molecule has 2 aliphatic rings. The van der Waals surface area contributed by atoms with Gasteiger partial charge in [0.05, 0.1) is 62.3 Å². The molecule has 2 aliphatic heterocycles. The number of aromatic amines is 1. The Labute approximate surface area is 258 Å². The Balaban J connectivity index is 0.000000169. The maximum atomic E-state index is 5.38. The third-order valence-corrected chi connectivity index (χ3v) is 6.44. The Morgan fingerprint density at radius 2 is 1.49 bits per heavy atom. The molecule has 0 aromatic carbocycles. The molecule has 6 heterocycles. The Morgan fingerprint density at radius 3 is 1.95 bits per heavy atom. The summed E-state index contributed by atoms with van der Waals surface area (Å²) >= 11 is 3.35. The smallest absolute Gasteiger partial charge is 0.238 e. The van der Waals surface area contributed by atoms with E-state index < -0.39 is 0 Å². The zero-order valence-corrected chi connectivity index (χ0v) is 26.4. The number of hydroxylamine groups is 2. The highest BCUT2D eigenvalue weighted by Crippen LogP contribution is 2.23. The van der Waals surface area contributed by atoms with Gasteiger partial charge in [0.25, 0.3) is 0 Å². The summed E-state index contributed by atoms with van der Waals surface area (Å²) in [6, 6.07) is 7.74. The number of pyridine rings is 2. The summed E-state index contributed by atoms with van der Waals surface area (Å²) in [5.41, 5.74) is 9.79. The standard InChI is InChI=1S/C14H17N5O2.C10H12BrN3O2.C4H6N2/c1-9-6-19(8-15-9)12-5-4-11(17-14(12)20-3)13-16-10(2)7-21-18-13;1-6-5-16-14-9(12-6)8-4-3-7(11)10(13-8)15-2;1-4-2-5-3-6-4/h4-6,8,10H,7H2,1-3H3,(H,16,18);3-4,6H,5H2,1-2H3,(H,12,14);2-3H,1H3,(H,5,6).